The number of carbonyl (C=O) groups excluding carboxylic acids is 3. The van der Waals surface area contributed by atoms with Gasteiger partial charge < -0.3 is 31.9 Å². The van der Waals surface area contributed by atoms with Crippen molar-refractivity contribution in [1.29, 1.82) is 0 Å². The maximum absolute atomic E-state index is 13.1. The summed E-state index contributed by atoms with van der Waals surface area (Å²) in [6.45, 7) is 7.09. The summed E-state index contributed by atoms with van der Waals surface area (Å²) < 4.78 is 0. The van der Waals surface area contributed by atoms with Gasteiger partial charge in [0.05, 0.1) is 6.04 Å². The Balaban J connectivity index is 2.93. The molecule has 0 saturated carbocycles. The standard InChI is InChI=1S/C23H36N4O6S/c1-5-13(4)19(27-20(29)16(24)10-14-6-8-15(28)9-7-14)22(31)26-18(12(2)3)21(30)25-17(11-34)23(32)33/h6-9,12-13,16-19,28,34H,5,10-11,24H2,1-4H3,(H,25,30)(H,26,31)(H,27,29)(H,32,33). The van der Waals surface area contributed by atoms with Crippen LogP contribution in [0.5, 0.6) is 5.75 Å². The van der Waals surface area contributed by atoms with Gasteiger partial charge in [-0.25, -0.2) is 4.79 Å². The van der Waals surface area contributed by atoms with Crippen LogP contribution in [0.25, 0.3) is 0 Å². The largest absolute Gasteiger partial charge is 0.508 e. The van der Waals surface area contributed by atoms with Crippen molar-refractivity contribution in [2.75, 3.05) is 5.75 Å². The number of carboxylic acid groups (broad SMARTS) is 1. The van der Waals surface area contributed by atoms with E-state index in [0.29, 0.717) is 6.42 Å². The van der Waals surface area contributed by atoms with Gasteiger partial charge in [0.25, 0.3) is 0 Å². The van der Waals surface area contributed by atoms with Gasteiger partial charge in [-0.1, -0.05) is 46.2 Å². The average molecular weight is 497 g/mol. The minimum Gasteiger partial charge on any atom is -0.508 e. The Morgan fingerprint density at radius 3 is 1.94 bits per heavy atom. The number of rotatable bonds is 13. The molecule has 190 valence electrons. The molecule has 0 saturated heterocycles. The van der Waals surface area contributed by atoms with E-state index in [9.17, 15) is 24.3 Å². The molecule has 0 heterocycles. The van der Waals surface area contributed by atoms with Crippen molar-refractivity contribution >= 4 is 36.3 Å². The van der Waals surface area contributed by atoms with Crippen molar-refractivity contribution < 1.29 is 29.4 Å². The second kappa shape index (κ2) is 13.8. The fraction of sp³-hybridized carbons (Fsp3) is 0.565. The van der Waals surface area contributed by atoms with Crippen LogP contribution in [-0.2, 0) is 25.6 Å². The first-order chi connectivity index (χ1) is 15.9. The summed E-state index contributed by atoms with van der Waals surface area (Å²) >= 11 is 3.93. The van der Waals surface area contributed by atoms with E-state index >= 15 is 0 Å². The molecule has 10 nitrogen and oxygen atoms in total. The van der Waals surface area contributed by atoms with Crippen LogP contribution in [0.3, 0.4) is 0 Å². The Kier molecular flexibility index (Phi) is 11.9. The predicted molar refractivity (Wildman–Crippen MR) is 131 cm³/mol. The number of aromatic hydroxyl groups is 1. The number of benzene rings is 1. The van der Waals surface area contributed by atoms with E-state index in [1.54, 1.807) is 32.9 Å². The van der Waals surface area contributed by atoms with Crippen molar-refractivity contribution in [3.63, 3.8) is 0 Å². The Hall–Kier alpha value is -2.79. The van der Waals surface area contributed by atoms with Crippen molar-refractivity contribution in [3.8, 4) is 5.75 Å². The van der Waals surface area contributed by atoms with Crippen LogP contribution < -0.4 is 21.7 Å². The molecular weight excluding hydrogens is 460 g/mol. The SMILES string of the molecule is CCC(C)C(NC(=O)C(N)Cc1ccc(O)cc1)C(=O)NC(C(=O)NC(CS)C(=O)O)C(C)C. The van der Waals surface area contributed by atoms with Crippen molar-refractivity contribution in [2.45, 2.75) is 64.7 Å². The van der Waals surface area contributed by atoms with E-state index in [2.05, 4.69) is 28.6 Å². The zero-order chi connectivity index (χ0) is 26.0. The minimum absolute atomic E-state index is 0.100. The summed E-state index contributed by atoms with van der Waals surface area (Å²) in [6, 6.07) is 2.22. The second-order valence-electron chi connectivity index (χ2n) is 8.66. The molecule has 1 aromatic rings. The number of thiol groups is 1. The molecular formula is C23H36N4O6S. The van der Waals surface area contributed by atoms with Crippen LogP contribution >= 0.6 is 12.6 Å². The number of hydrogen-bond acceptors (Lipinski definition) is 7. The van der Waals surface area contributed by atoms with Gasteiger partial charge in [-0.2, -0.15) is 12.6 Å². The van der Waals surface area contributed by atoms with Crippen LogP contribution in [0.1, 0.15) is 39.7 Å². The molecule has 5 atom stereocenters. The number of carbonyl (C=O) groups is 4. The Bertz CT molecular complexity index is 848. The first-order valence-electron chi connectivity index (χ1n) is 11.2. The maximum Gasteiger partial charge on any atom is 0.327 e. The summed E-state index contributed by atoms with van der Waals surface area (Å²) in [5, 5.41) is 26.3. The van der Waals surface area contributed by atoms with E-state index < -0.39 is 47.9 Å². The lowest BCUT2D eigenvalue weighted by atomic mass is 9.95. The quantitative estimate of drug-likeness (QED) is 0.194. The zero-order valence-electron chi connectivity index (χ0n) is 19.9. The molecule has 0 spiro atoms. The fourth-order valence-electron chi connectivity index (χ4n) is 3.17. The smallest absolute Gasteiger partial charge is 0.327 e. The summed E-state index contributed by atoms with van der Waals surface area (Å²) in [7, 11) is 0. The molecule has 1 rings (SSSR count). The predicted octanol–water partition coefficient (Wildman–Crippen LogP) is 0.433. The average Bonchev–Trinajstić information content (AvgIpc) is 2.79. The number of amides is 3. The van der Waals surface area contributed by atoms with Crippen LogP contribution in [0, 0.1) is 11.8 Å². The van der Waals surface area contributed by atoms with E-state index in [0.717, 1.165) is 5.56 Å². The summed E-state index contributed by atoms with van der Waals surface area (Å²) in [5.41, 5.74) is 6.79. The number of phenolic OH excluding ortho intramolecular Hbond substituents is 1. The van der Waals surface area contributed by atoms with Crippen LogP contribution in [0.4, 0.5) is 0 Å². The highest BCUT2D eigenvalue weighted by atomic mass is 32.1. The Labute approximate surface area is 205 Å². The highest BCUT2D eigenvalue weighted by molar-refractivity contribution is 7.80. The highest BCUT2D eigenvalue weighted by Gasteiger charge is 2.33. The number of nitrogens with two attached hydrogens (primary N) is 1. The molecule has 0 fully saturated rings. The normalized spacial score (nSPS) is 15.5. The molecule has 0 bridgehead atoms. The molecule has 0 radical (unpaired) electrons. The number of nitrogens with one attached hydrogen (secondary N) is 3. The molecule has 0 aromatic heterocycles. The van der Waals surface area contributed by atoms with Gasteiger partial charge >= 0.3 is 5.97 Å². The molecule has 0 aliphatic rings. The lowest BCUT2D eigenvalue weighted by molar-refractivity contribution is -0.142. The van der Waals surface area contributed by atoms with Gasteiger partial charge in [0, 0.05) is 5.75 Å². The number of aliphatic carboxylic acids is 1. The zero-order valence-corrected chi connectivity index (χ0v) is 20.8. The number of phenols is 1. The molecule has 34 heavy (non-hydrogen) atoms. The maximum atomic E-state index is 13.1. The fourth-order valence-corrected chi connectivity index (χ4v) is 3.41. The van der Waals surface area contributed by atoms with Gasteiger partial charge in [-0.05, 0) is 36.0 Å². The second-order valence-corrected chi connectivity index (χ2v) is 9.03. The third-order valence-electron chi connectivity index (χ3n) is 5.57. The number of hydrogen-bond donors (Lipinski definition) is 7. The van der Waals surface area contributed by atoms with E-state index in [-0.39, 0.29) is 29.8 Å². The van der Waals surface area contributed by atoms with Crippen LogP contribution in [-0.4, -0.2) is 63.8 Å². The minimum atomic E-state index is -1.23. The van der Waals surface area contributed by atoms with E-state index in [1.165, 1.54) is 12.1 Å². The highest BCUT2D eigenvalue weighted by Crippen LogP contribution is 2.13. The van der Waals surface area contributed by atoms with Crippen molar-refractivity contribution in [2.24, 2.45) is 17.6 Å². The van der Waals surface area contributed by atoms with Gasteiger partial charge in [0.15, 0.2) is 0 Å². The monoisotopic (exact) mass is 496 g/mol. The lowest BCUT2D eigenvalue weighted by Gasteiger charge is -2.29. The lowest BCUT2D eigenvalue weighted by Crippen LogP contribution is -2.60. The molecule has 7 N–H and O–H groups in total. The van der Waals surface area contributed by atoms with Gasteiger partial charge in [-0.3, -0.25) is 14.4 Å². The Morgan fingerprint density at radius 1 is 0.941 bits per heavy atom. The van der Waals surface area contributed by atoms with Gasteiger partial charge in [0.1, 0.15) is 23.9 Å². The van der Waals surface area contributed by atoms with Crippen LogP contribution in [0.15, 0.2) is 24.3 Å². The Morgan fingerprint density at radius 2 is 1.47 bits per heavy atom. The molecule has 3 amide bonds. The van der Waals surface area contributed by atoms with Gasteiger partial charge in [0.2, 0.25) is 17.7 Å². The number of carboxylic acids is 1. The van der Waals surface area contributed by atoms with E-state index in [1.807, 2.05) is 6.92 Å². The van der Waals surface area contributed by atoms with E-state index in [4.69, 9.17) is 10.8 Å². The third-order valence-corrected chi connectivity index (χ3v) is 5.93. The molecule has 5 unspecified atom stereocenters. The summed E-state index contributed by atoms with van der Waals surface area (Å²) in [5.74, 6) is -3.58. The first kappa shape index (κ1) is 29.2. The molecule has 1 aromatic carbocycles. The first-order valence-corrected chi connectivity index (χ1v) is 11.8. The topological polar surface area (TPSA) is 171 Å². The van der Waals surface area contributed by atoms with Crippen molar-refractivity contribution in [3.05, 3.63) is 29.8 Å². The summed E-state index contributed by atoms with van der Waals surface area (Å²) in [6.07, 6.45) is 0.781. The van der Waals surface area contributed by atoms with Crippen molar-refractivity contribution in [1.82, 2.24) is 16.0 Å². The molecule has 0 aliphatic carbocycles. The summed E-state index contributed by atoms with van der Waals surface area (Å²) in [4.78, 5) is 49.7. The van der Waals surface area contributed by atoms with Crippen LogP contribution in [0.2, 0.25) is 0 Å². The molecule has 0 aliphatic heterocycles. The third kappa shape index (κ3) is 8.86. The van der Waals surface area contributed by atoms with Gasteiger partial charge in [-0.15, -0.1) is 0 Å². The molecule has 11 heteroatoms.